The average Bonchev–Trinajstić information content (AvgIpc) is 3.06. The Bertz CT molecular complexity index is 834. The molecule has 2 heterocycles. The predicted octanol–water partition coefficient (Wildman–Crippen LogP) is 1.50. The van der Waals surface area contributed by atoms with Crippen molar-refractivity contribution < 1.29 is 13.2 Å². The van der Waals surface area contributed by atoms with Crippen LogP contribution in [0.2, 0.25) is 5.02 Å². The second-order valence-electron chi connectivity index (χ2n) is 5.16. The van der Waals surface area contributed by atoms with Crippen LogP contribution in [0.15, 0.2) is 36.5 Å². The van der Waals surface area contributed by atoms with E-state index >= 15 is 0 Å². The van der Waals surface area contributed by atoms with Crippen LogP contribution < -0.4 is 5.32 Å². The first-order chi connectivity index (χ1) is 11.0. The van der Waals surface area contributed by atoms with Crippen LogP contribution in [0.5, 0.6) is 0 Å². The summed E-state index contributed by atoms with van der Waals surface area (Å²) >= 11 is 5.96. The van der Waals surface area contributed by atoms with E-state index in [1.54, 1.807) is 36.5 Å². The van der Waals surface area contributed by atoms with Crippen molar-refractivity contribution in [1.82, 2.24) is 14.1 Å². The highest BCUT2D eigenvalue weighted by Crippen LogP contribution is 2.19. The average molecular weight is 355 g/mol. The van der Waals surface area contributed by atoms with Crippen molar-refractivity contribution in [3.63, 3.8) is 0 Å². The molecular weight excluding hydrogens is 340 g/mol. The van der Waals surface area contributed by atoms with Gasteiger partial charge in [-0.1, -0.05) is 17.7 Å². The fourth-order valence-electron chi connectivity index (χ4n) is 2.42. The molecule has 1 aromatic carbocycles. The molecule has 1 aliphatic heterocycles. The summed E-state index contributed by atoms with van der Waals surface area (Å²) in [6.45, 7) is 0.187. The lowest BCUT2D eigenvalue weighted by Gasteiger charge is -2.14. The minimum Gasteiger partial charge on any atom is -0.309 e. The number of carbonyl (C=O) groups excluding carboxylic acids is 1. The summed E-state index contributed by atoms with van der Waals surface area (Å²) in [5.41, 5.74) is 0.701. The second-order valence-corrected chi connectivity index (χ2v) is 7.68. The van der Waals surface area contributed by atoms with Gasteiger partial charge in [0.05, 0.1) is 24.2 Å². The van der Waals surface area contributed by atoms with Gasteiger partial charge in [-0.25, -0.2) is 13.1 Å². The summed E-state index contributed by atoms with van der Waals surface area (Å²) in [6.07, 6.45) is 2.10. The van der Waals surface area contributed by atoms with Crippen molar-refractivity contribution in [2.45, 2.75) is 6.42 Å². The number of anilines is 1. The Morgan fingerprint density at radius 1 is 1.35 bits per heavy atom. The number of carbonyl (C=O) groups is 1. The SMILES string of the molecule is O=C(CN1CCCS1(=O)=O)Nc1ccnn1-c1cccc(Cl)c1. The zero-order valence-electron chi connectivity index (χ0n) is 12.1. The Morgan fingerprint density at radius 3 is 2.87 bits per heavy atom. The van der Waals surface area contributed by atoms with Crippen LogP contribution in [-0.2, 0) is 14.8 Å². The molecule has 0 aliphatic carbocycles. The Labute approximate surface area is 138 Å². The molecule has 1 amide bonds. The zero-order valence-corrected chi connectivity index (χ0v) is 13.7. The van der Waals surface area contributed by atoms with Gasteiger partial charge in [-0.3, -0.25) is 4.79 Å². The maximum absolute atomic E-state index is 12.1. The largest absolute Gasteiger partial charge is 0.309 e. The van der Waals surface area contributed by atoms with Crippen molar-refractivity contribution in [1.29, 1.82) is 0 Å². The van der Waals surface area contributed by atoms with E-state index in [2.05, 4.69) is 10.4 Å². The van der Waals surface area contributed by atoms with Gasteiger partial charge in [0.2, 0.25) is 15.9 Å². The Kier molecular flexibility index (Phi) is 4.38. The highest BCUT2D eigenvalue weighted by Gasteiger charge is 2.29. The Balaban J connectivity index is 1.74. The van der Waals surface area contributed by atoms with Crippen LogP contribution >= 0.6 is 11.6 Å². The van der Waals surface area contributed by atoms with E-state index < -0.39 is 15.9 Å². The molecule has 7 nitrogen and oxygen atoms in total. The second kappa shape index (κ2) is 6.31. The molecule has 0 radical (unpaired) electrons. The first kappa shape index (κ1) is 16.0. The lowest BCUT2D eigenvalue weighted by Crippen LogP contribution is -2.34. The number of aromatic nitrogens is 2. The van der Waals surface area contributed by atoms with E-state index in [1.807, 2.05) is 0 Å². The molecule has 0 spiro atoms. The summed E-state index contributed by atoms with van der Waals surface area (Å²) in [5, 5.41) is 7.39. The first-order valence-electron chi connectivity index (χ1n) is 7.03. The first-order valence-corrected chi connectivity index (χ1v) is 9.02. The number of rotatable bonds is 4. The van der Waals surface area contributed by atoms with Gasteiger partial charge in [0, 0.05) is 17.6 Å². The van der Waals surface area contributed by atoms with Gasteiger partial charge in [0.15, 0.2) is 0 Å². The highest BCUT2D eigenvalue weighted by atomic mass is 35.5. The molecule has 0 bridgehead atoms. The van der Waals surface area contributed by atoms with Gasteiger partial charge < -0.3 is 5.32 Å². The maximum Gasteiger partial charge on any atom is 0.240 e. The summed E-state index contributed by atoms with van der Waals surface area (Å²) in [4.78, 5) is 12.1. The van der Waals surface area contributed by atoms with E-state index in [0.29, 0.717) is 29.5 Å². The third kappa shape index (κ3) is 3.54. The standard InChI is InChI=1S/C14H15ClN4O3S/c15-11-3-1-4-12(9-11)19-13(5-6-16-19)17-14(20)10-18-7-2-8-23(18,21)22/h1,3-6,9H,2,7-8,10H2,(H,17,20). The molecule has 9 heteroatoms. The van der Waals surface area contributed by atoms with Crippen molar-refractivity contribution >= 4 is 33.3 Å². The van der Waals surface area contributed by atoms with Gasteiger partial charge >= 0.3 is 0 Å². The van der Waals surface area contributed by atoms with Crippen molar-refractivity contribution in [3.05, 3.63) is 41.6 Å². The molecule has 0 saturated carbocycles. The number of halogens is 1. The van der Waals surface area contributed by atoms with E-state index in [4.69, 9.17) is 11.6 Å². The molecule has 3 rings (SSSR count). The molecule has 0 unspecified atom stereocenters. The van der Waals surface area contributed by atoms with Crippen LogP contribution in [0, 0.1) is 0 Å². The van der Waals surface area contributed by atoms with E-state index in [0.717, 1.165) is 0 Å². The molecule has 1 aliphatic rings. The van der Waals surface area contributed by atoms with Gasteiger partial charge in [0.25, 0.3) is 0 Å². The topological polar surface area (TPSA) is 84.3 Å². The maximum atomic E-state index is 12.1. The van der Waals surface area contributed by atoms with Crippen LogP contribution in [0.1, 0.15) is 6.42 Å². The van der Waals surface area contributed by atoms with E-state index in [1.165, 1.54) is 8.99 Å². The number of sulfonamides is 1. The number of hydrogen-bond acceptors (Lipinski definition) is 4. The molecule has 2 aromatic rings. The fourth-order valence-corrected chi connectivity index (χ4v) is 4.08. The normalized spacial score (nSPS) is 17.3. The molecule has 0 atom stereocenters. The highest BCUT2D eigenvalue weighted by molar-refractivity contribution is 7.89. The van der Waals surface area contributed by atoms with Gasteiger partial charge in [-0.2, -0.15) is 9.40 Å². The van der Waals surface area contributed by atoms with Gasteiger partial charge in [0.1, 0.15) is 5.82 Å². The van der Waals surface area contributed by atoms with Crippen molar-refractivity contribution in [2.24, 2.45) is 0 Å². The molecule has 1 aromatic heterocycles. The number of hydrogen-bond donors (Lipinski definition) is 1. The molecule has 1 N–H and O–H groups in total. The molecular formula is C14H15ClN4O3S. The lowest BCUT2D eigenvalue weighted by atomic mass is 10.3. The summed E-state index contributed by atoms with van der Waals surface area (Å²) in [6, 6.07) is 8.68. The quantitative estimate of drug-likeness (QED) is 0.901. The third-order valence-corrected chi connectivity index (χ3v) is 5.62. The number of benzene rings is 1. The fraction of sp³-hybridized carbons (Fsp3) is 0.286. The van der Waals surface area contributed by atoms with E-state index in [-0.39, 0.29) is 12.3 Å². The molecule has 1 saturated heterocycles. The van der Waals surface area contributed by atoms with Crippen LogP contribution in [0.4, 0.5) is 5.82 Å². The smallest absolute Gasteiger partial charge is 0.240 e. The minimum atomic E-state index is -3.30. The van der Waals surface area contributed by atoms with E-state index in [9.17, 15) is 13.2 Å². The monoisotopic (exact) mass is 354 g/mol. The molecule has 122 valence electrons. The summed E-state index contributed by atoms with van der Waals surface area (Å²) < 4.78 is 26.2. The number of nitrogens with zero attached hydrogens (tertiary/aromatic N) is 3. The van der Waals surface area contributed by atoms with Crippen LogP contribution in [-0.4, -0.2) is 47.3 Å². The summed E-state index contributed by atoms with van der Waals surface area (Å²) in [7, 11) is -3.30. The summed E-state index contributed by atoms with van der Waals surface area (Å²) in [5.74, 6) is 0.147. The Hall–Kier alpha value is -1.90. The minimum absolute atomic E-state index is 0.0979. The van der Waals surface area contributed by atoms with Crippen LogP contribution in [0.3, 0.4) is 0 Å². The Morgan fingerprint density at radius 2 is 2.17 bits per heavy atom. The molecule has 23 heavy (non-hydrogen) atoms. The van der Waals surface area contributed by atoms with Crippen molar-refractivity contribution in [2.75, 3.05) is 24.2 Å². The van der Waals surface area contributed by atoms with Crippen molar-refractivity contribution in [3.8, 4) is 5.69 Å². The predicted molar refractivity (Wildman–Crippen MR) is 87.2 cm³/mol. The van der Waals surface area contributed by atoms with Crippen LogP contribution in [0.25, 0.3) is 5.69 Å². The third-order valence-electron chi connectivity index (χ3n) is 3.49. The number of nitrogens with one attached hydrogen (secondary N) is 1. The zero-order chi connectivity index (χ0) is 16.4. The van der Waals surface area contributed by atoms with Gasteiger partial charge in [-0.05, 0) is 24.6 Å². The van der Waals surface area contributed by atoms with Gasteiger partial charge in [-0.15, -0.1) is 0 Å². The lowest BCUT2D eigenvalue weighted by molar-refractivity contribution is -0.116. The molecule has 1 fully saturated rings. The number of amides is 1.